The van der Waals surface area contributed by atoms with E-state index >= 15 is 0 Å². The van der Waals surface area contributed by atoms with E-state index in [1.54, 1.807) is 4.90 Å². The average molecular weight is 299 g/mol. The number of primary amides is 1. The Kier molecular flexibility index (Phi) is 4.60. The molecule has 1 aromatic rings. The quantitative estimate of drug-likeness (QED) is 0.930. The van der Waals surface area contributed by atoms with Crippen LogP contribution in [0, 0.1) is 11.7 Å². The summed E-state index contributed by atoms with van der Waals surface area (Å²) in [5.41, 5.74) is 5.08. The molecule has 4 nitrogen and oxygen atoms in total. The summed E-state index contributed by atoms with van der Waals surface area (Å²) < 4.78 is 13.7. The molecule has 1 saturated heterocycles. The second-order valence-electron chi connectivity index (χ2n) is 5.00. The van der Waals surface area contributed by atoms with Crippen molar-refractivity contribution in [3.05, 3.63) is 34.6 Å². The van der Waals surface area contributed by atoms with Gasteiger partial charge in [-0.05, 0) is 30.9 Å². The molecule has 0 spiro atoms. The van der Waals surface area contributed by atoms with Crippen LogP contribution in [0.2, 0.25) is 5.02 Å². The molecule has 1 aromatic carbocycles. The van der Waals surface area contributed by atoms with E-state index in [2.05, 4.69) is 0 Å². The van der Waals surface area contributed by atoms with Crippen LogP contribution in [0.25, 0.3) is 0 Å². The number of nitrogens with two attached hydrogens (primary N) is 1. The van der Waals surface area contributed by atoms with Crippen LogP contribution >= 0.6 is 11.6 Å². The number of hydrogen-bond acceptors (Lipinski definition) is 2. The maximum absolute atomic E-state index is 13.7. The van der Waals surface area contributed by atoms with Gasteiger partial charge < -0.3 is 10.6 Å². The van der Waals surface area contributed by atoms with Crippen LogP contribution in [0.4, 0.5) is 4.39 Å². The van der Waals surface area contributed by atoms with Crippen LogP contribution in [0.5, 0.6) is 0 Å². The molecule has 0 atom stereocenters. The normalized spacial score (nSPS) is 16.2. The Morgan fingerprint density at radius 2 is 2.00 bits per heavy atom. The van der Waals surface area contributed by atoms with Gasteiger partial charge in [0, 0.05) is 19.5 Å². The lowest BCUT2D eigenvalue weighted by Gasteiger charge is -2.31. The smallest absolute Gasteiger partial charge is 0.258 e. The molecule has 0 bridgehead atoms. The van der Waals surface area contributed by atoms with E-state index in [-0.39, 0.29) is 22.4 Å². The molecule has 2 amide bonds. The van der Waals surface area contributed by atoms with Crippen molar-refractivity contribution in [1.29, 1.82) is 0 Å². The van der Waals surface area contributed by atoms with Crippen LogP contribution in [-0.4, -0.2) is 29.8 Å². The molecular weight excluding hydrogens is 283 g/mol. The first-order chi connectivity index (χ1) is 9.49. The van der Waals surface area contributed by atoms with Crippen LogP contribution in [0.1, 0.15) is 29.6 Å². The summed E-state index contributed by atoms with van der Waals surface area (Å²) in [5.74, 6) is -1.13. The minimum Gasteiger partial charge on any atom is -0.370 e. The van der Waals surface area contributed by atoms with Gasteiger partial charge in [-0.3, -0.25) is 9.59 Å². The van der Waals surface area contributed by atoms with Crippen molar-refractivity contribution in [3.63, 3.8) is 0 Å². The molecule has 6 heteroatoms. The molecule has 0 radical (unpaired) electrons. The largest absolute Gasteiger partial charge is 0.370 e. The van der Waals surface area contributed by atoms with Gasteiger partial charge in [0.2, 0.25) is 5.91 Å². The van der Waals surface area contributed by atoms with E-state index in [0.29, 0.717) is 32.4 Å². The summed E-state index contributed by atoms with van der Waals surface area (Å²) in [6.45, 7) is 0.975. The van der Waals surface area contributed by atoms with Crippen molar-refractivity contribution in [2.24, 2.45) is 11.7 Å². The first-order valence-corrected chi connectivity index (χ1v) is 6.88. The van der Waals surface area contributed by atoms with Crippen LogP contribution in [0.15, 0.2) is 18.2 Å². The van der Waals surface area contributed by atoms with Crippen molar-refractivity contribution in [2.45, 2.75) is 19.3 Å². The first kappa shape index (κ1) is 14.8. The van der Waals surface area contributed by atoms with E-state index < -0.39 is 11.7 Å². The molecule has 0 aromatic heterocycles. The third-order valence-corrected chi connectivity index (χ3v) is 3.88. The molecule has 2 rings (SSSR count). The van der Waals surface area contributed by atoms with Crippen LogP contribution in [0.3, 0.4) is 0 Å². The van der Waals surface area contributed by atoms with Gasteiger partial charge >= 0.3 is 0 Å². The number of benzene rings is 1. The maximum atomic E-state index is 13.7. The number of piperidine rings is 1. The van der Waals surface area contributed by atoms with E-state index in [1.807, 2.05) is 0 Å². The SMILES string of the molecule is NC(=O)CC1CCN(C(=O)c2c(F)cccc2Cl)CC1. The lowest BCUT2D eigenvalue weighted by molar-refractivity contribution is -0.119. The second kappa shape index (κ2) is 6.22. The number of rotatable bonds is 3. The minimum atomic E-state index is -0.609. The molecule has 0 aliphatic carbocycles. The Morgan fingerprint density at radius 1 is 1.35 bits per heavy atom. The third kappa shape index (κ3) is 3.28. The molecule has 108 valence electrons. The summed E-state index contributed by atoms with van der Waals surface area (Å²) in [7, 11) is 0. The fraction of sp³-hybridized carbons (Fsp3) is 0.429. The van der Waals surface area contributed by atoms with Gasteiger partial charge in [0.05, 0.1) is 10.6 Å². The topological polar surface area (TPSA) is 63.4 Å². The number of nitrogens with zero attached hydrogens (tertiary/aromatic N) is 1. The molecule has 0 saturated carbocycles. The van der Waals surface area contributed by atoms with Gasteiger partial charge in [-0.1, -0.05) is 17.7 Å². The molecule has 20 heavy (non-hydrogen) atoms. The number of likely N-dealkylation sites (tertiary alicyclic amines) is 1. The molecule has 1 fully saturated rings. The fourth-order valence-electron chi connectivity index (χ4n) is 2.48. The Hall–Kier alpha value is -1.62. The van der Waals surface area contributed by atoms with E-state index in [1.165, 1.54) is 18.2 Å². The van der Waals surface area contributed by atoms with Gasteiger partial charge in [0.15, 0.2) is 0 Å². The van der Waals surface area contributed by atoms with Gasteiger partial charge in [0.25, 0.3) is 5.91 Å². The van der Waals surface area contributed by atoms with Crippen LogP contribution in [-0.2, 0) is 4.79 Å². The van der Waals surface area contributed by atoms with Gasteiger partial charge in [-0.2, -0.15) is 0 Å². The predicted octanol–water partition coefficient (Wildman–Crippen LogP) is 2.21. The molecular formula is C14H16ClFN2O2. The van der Waals surface area contributed by atoms with Crippen molar-refractivity contribution in [1.82, 2.24) is 4.90 Å². The average Bonchev–Trinajstić information content (AvgIpc) is 2.38. The lowest BCUT2D eigenvalue weighted by atomic mass is 9.93. The Labute approximate surface area is 121 Å². The van der Waals surface area contributed by atoms with Crippen molar-refractivity contribution in [2.75, 3.05) is 13.1 Å². The number of carbonyl (C=O) groups excluding carboxylic acids is 2. The fourth-order valence-corrected chi connectivity index (χ4v) is 2.73. The van der Waals surface area contributed by atoms with Crippen molar-refractivity contribution in [3.8, 4) is 0 Å². The number of hydrogen-bond donors (Lipinski definition) is 1. The Morgan fingerprint density at radius 3 is 2.55 bits per heavy atom. The summed E-state index contributed by atoms with van der Waals surface area (Å²) in [6.07, 6.45) is 1.73. The van der Waals surface area contributed by atoms with Gasteiger partial charge in [0.1, 0.15) is 5.82 Å². The maximum Gasteiger partial charge on any atom is 0.258 e. The van der Waals surface area contributed by atoms with Crippen LogP contribution < -0.4 is 5.73 Å². The highest BCUT2D eigenvalue weighted by Gasteiger charge is 2.27. The predicted molar refractivity (Wildman–Crippen MR) is 73.8 cm³/mol. The zero-order valence-electron chi connectivity index (χ0n) is 10.9. The van der Waals surface area contributed by atoms with Gasteiger partial charge in [-0.25, -0.2) is 4.39 Å². The first-order valence-electron chi connectivity index (χ1n) is 6.50. The standard InChI is InChI=1S/C14H16ClFN2O2/c15-10-2-1-3-11(16)13(10)14(20)18-6-4-9(5-7-18)8-12(17)19/h1-3,9H,4-8H2,(H2,17,19). The molecule has 1 aliphatic rings. The van der Waals surface area contributed by atoms with Crippen molar-refractivity contribution >= 4 is 23.4 Å². The van der Waals surface area contributed by atoms with Gasteiger partial charge in [-0.15, -0.1) is 0 Å². The zero-order chi connectivity index (χ0) is 14.7. The Balaban J connectivity index is 2.04. The summed E-state index contributed by atoms with van der Waals surface area (Å²) in [6, 6.07) is 4.18. The zero-order valence-corrected chi connectivity index (χ0v) is 11.7. The molecule has 0 unspecified atom stereocenters. The highest BCUT2D eigenvalue weighted by atomic mass is 35.5. The second-order valence-corrected chi connectivity index (χ2v) is 5.41. The van der Waals surface area contributed by atoms with E-state index in [0.717, 1.165) is 0 Å². The highest BCUT2D eigenvalue weighted by molar-refractivity contribution is 6.33. The monoisotopic (exact) mass is 298 g/mol. The van der Waals surface area contributed by atoms with E-state index in [9.17, 15) is 14.0 Å². The van der Waals surface area contributed by atoms with Crippen molar-refractivity contribution < 1.29 is 14.0 Å². The number of carbonyl (C=O) groups is 2. The Bertz CT molecular complexity index is 508. The summed E-state index contributed by atoms with van der Waals surface area (Å²) >= 11 is 5.89. The summed E-state index contributed by atoms with van der Waals surface area (Å²) in [4.78, 5) is 24.7. The van der Waals surface area contributed by atoms with E-state index in [4.69, 9.17) is 17.3 Å². The lowest BCUT2D eigenvalue weighted by Crippen LogP contribution is -2.39. The number of amides is 2. The third-order valence-electron chi connectivity index (χ3n) is 3.57. The molecule has 1 aliphatic heterocycles. The summed E-state index contributed by atoms with van der Waals surface area (Å²) in [5, 5.41) is 0.120. The highest BCUT2D eigenvalue weighted by Crippen LogP contribution is 2.25. The molecule has 1 heterocycles. The number of halogens is 2. The molecule has 2 N–H and O–H groups in total. The minimum absolute atomic E-state index is 0.0810.